The van der Waals surface area contributed by atoms with Crippen molar-refractivity contribution in [1.82, 2.24) is 0 Å². The van der Waals surface area contributed by atoms with E-state index in [1.807, 2.05) is 0 Å². The first-order valence-electron chi connectivity index (χ1n) is 6.83. The first-order valence-corrected chi connectivity index (χ1v) is 6.83. The summed E-state index contributed by atoms with van der Waals surface area (Å²) in [5, 5.41) is 13.6. The van der Waals surface area contributed by atoms with Crippen molar-refractivity contribution in [1.29, 1.82) is 0 Å². The number of nitrogens with two attached hydrogens (primary N) is 1. The van der Waals surface area contributed by atoms with E-state index in [2.05, 4.69) is 5.32 Å². The number of hydrogen-bond donors (Lipinski definition) is 2. The highest BCUT2D eigenvalue weighted by molar-refractivity contribution is 5.96. The molecular formula is C14H19N3O4. The van der Waals surface area contributed by atoms with Crippen molar-refractivity contribution in [3.63, 3.8) is 0 Å². The Morgan fingerprint density at radius 3 is 2.67 bits per heavy atom. The molecule has 114 valence electrons. The molecule has 1 aliphatic heterocycles. The quantitative estimate of drug-likeness (QED) is 0.647. The number of nitro groups is 1. The van der Waals surface area contributed by atoms with Crippen molar-refractivity contribution in [3.8, 4) is 0 Å². The summed E-state index contributed by atoms with van der Waals surface area (Å²) in [5.74, 6) is -0.148. The summed E-state index contributed by atoms with van der Waals surface area (Å²) >= 11 is 0. The second-order valence-corrected chi connectivity index (χ2v) is 5.31. The molecule has 0 aliphatic carbocycles. The first-order chi connectivity index (χ1) is 9.98. The normalized spacial score (nSPS) is 17.2. The fourth-order valence-electron chi connectivity index (χ4n) is 2.44. The summed E-state index contributed by atoms with van der Waals surface area (Å²) < 4.78 is 5.28. The number of non-ortho nitro benzene ring substituents is 1. The van der Waals surface area contributed by atoms with Crippen LogP contribution in [0.25, 0.3) is 0 Å². The molecule has 1 fully saturated rings. The van der Waals surface area contributed by atoms with E-state index in [1.54, 1.807) is 13.0 Å². The molecule has 2 rings (SSSR count). The number of nitrogens with one attached hydrogen (secondary N) is 1. The minimum absolute atomic E-state index is 0.00473. The third kappa shape index (κ3) is 3.20. The van der Waals surface area contributed by atoms with Crippen LogP contribution in [0.2, 0.25) is 0 Å². The summed E-state index contributed by atoms with van der Waals surface area (Å²) in [6, 6.07) is 4.37. The lowest BCUT2D eigenvalue weighted by Crippen LogP contribution is -2.46. The zero-order chi connectivity index (χ0) is 15.5. The van der Waals surface area contributed by atoms with Crippen LogP contribution < -0.4 is 11.1 Å². The number of anilines is 1. The zero-order valence-electron chi connectivity index (χ0n) is 11.9. The molecule has 0 aromatic heterocycles. The molecule has 1 aromatic rings. The third-order valence-corrected chi connectivity index (χ3v) is 3.99. The summed E-state index contributed by atoms with van der Waals surface area (Å²) in [4.78, 5) is 22.8. The molecule has 1 heterocycles. The number of amides is 1. The van der Waals surface area contributed by atoms with Gasteiger partial charge in [0.2, 0.25) is 5.91 Å². The number of carbonyl (C=O) groups is 1. The minimum Gasteiger partial charge on any atom is -0.381 e. The third-order valence-electron chi connectivity index (χ3n) is 3.99. The molecule has 1 saturated heterocycles. The van der Waals surface area contributed by atoms with Crippen LogP contribution in [0.4, 0.5) is 11.4 Å². The number of rotatable bonds is 4. The van der Waals surface area contributed by atoms with Crippen molar-refractivity contribution in [2.75, 3.05) is 25.1 Å². The lowest BCUT2D eigenvalue weighted by atomic mass is 9.79. The van der Waals surface area contributed by atoms with Gasteiger partial charge in [-0.1, -0.05) is 0 Å². The molecule has 21 heavy (non-hydrogen) atoms. The fourth-order valence-corrected chi connectivity index (χ4v) is 2.44. The highest BCUT2D eigenvalue weighted by Gasteiger charge is 2.38. The number of nitro benzene ring substituents is 1. The predicted octanol–water partition coefficient (Wildman–Crippen LogP) is 1.60. The SMILES string of the molecule is Cc1cc([N+](=O)[O-])ccc1NC(=O)C1(CN)CCOCC1. The number of hydrogen-bond acceptors (Lipinski definition) is 5. The molecule has 0 radical (unpaired) electrons. The lowest BCUT2D eigenvalue weighted by Gasteiger charge is -2.34. The summed E-state index contributed by atoms with van der Waals surface area (Å²) in [7, 11) is 0. The predicted molar refractivity (Wildman–Crippen MR) is 78.0 cm³/mol. The zero-order valence-corrected chi connectivity index (χ0v) is 11.9. The van der Waals surface area contributed by atoms with Gasteiger partial charge < -0.3 is 15.8 Å². The largest absolute Gasteiger partial charge is 0.381 e. The summed E-state index contributed by atoms with van der Waals surface area (Å²) in [5.41, 5.74) is 6.40. The Morgan fingerprint density at radius 1 is 1.48 bits per heavy atom. The van der Waals surface area contributed by atoms with E-state index < -0.39 is 10.3 Å². The molecule has 7 heteroatoms. The molecule has 7 nitrogen and oxygen atoms in total. The molecule has 0 bridgehead atoms. The monoisotopic (exact) mass is 293 g/mol. The second-order valence-electron chi connectivity index (χ2n) is 5.31. The second kappa shape index (κ2) is 6.19. The van der Waals surface area contributed by atoms with Crippen molar-refractivity contribution < 1.29 is 14.5 Å². The lowest BCUT2D eigenvalue weighted by molar-refractivity contribution is -0.384. The van der Waals surface area contributed by atoms with E-state index in [1.165, 1.54) is 12.1 Å². The maximum Gasteiger partial charge on any atom is 0.269 e. The maximum atomic E-state index is 12.5. The Bertz CT molecular complexity index is 553. The van der Waals surface area contributed by atoms with Crippen molar-refractivity contribution >= 4 is 17.3 Å². The number of nitrogens with zero attached hydrogens (tertiary/aromatic N) is 1. The average Bonchev–Trinajstić information content (AvgIpc) is 2.49. The molecule has 0 unspecified atom stereocenters. The highest BCUT2D eigenvalue weighted by Crippen LogP contribution is 2.31. The van der Waals surface area contributed by atoms with E-state index in [-0.39, 0.29) is 18.1 Å². The van der Waals surface area contributed by atoms with E-state index in [0.29, 0.717) is 37.3 Å². The van der Waals surface area contributed by atoms with Gasteiger partial charge in [0.15, 0.2) is 0 Å². The summed E-state index contributed by atoms with van der Waals surface area (Å²) in [6.07, 6.45) is 1.17. The van der Waals surface area contributed by atoms with Gasteiger partial charge >= 0.3 is 0 Å². The Kier molecular flexibility index (Phi) is 4.54. The Labute approximate surface area is 122 Å². The van der Waals surface area contributed by atoms with Crippen molar-refractivity contribution in [2.24, 2.45) is 11.1 Å². The topological polar surface area (TPSA) is 107 Å². The molecular weight excluding hydrogens is 274 g/mol. The first kappa shape index (κ1) is 15.4. The molecule has 1 aromatic carbocycles. The van der Waals surface area contributed by atoms with Crippen LogP contribution >= 0.6 is 0 Å². The van der Waals surface area contributed by atoms with Crippen LogP contribution in [0.3, 0.4) is 0 Å². The fraction of sp³-hybridized carbons (Fsp3) is 0.500. The van der Waals surface area contributed by atoms with Gasteiger partial charge in [-0.25, -0.2) is 0 Å². The molecule has 3 N–H and O–H groups in total. The van der Waals surface area contributed by atoms with Crippen LogP contribution in [0, 0.1) is 22.5 Å². The van der Waals surface area contributed by atoms with Gasteiger partial charge in [0.1, 0.15) is 0 Å². The molecule has 0 spiro atoms. The number of carbonyl (C=O) groups excluding carboxylic acids is 1. The Morgan fingerprint density at radius 2 is 2.14 bits per heavy atom. The van der Waals surface area contributed by atoms with Crippen LogP contribution in [-0.2, 0) is 9.53 Å². The Hall–Kier alpha value is -1.99. The van der Waals surface area contributed by atoms with Crippen molar-refractivity contribution in [3.05, 3.63) is 33.9 Å². The van der Waals surface area contributed by atoms with Crippen LogP contribution in [-0.4, -0.2) is 30.6 Å². The van der Waals surface area contributed by atoms with Crippen LogP contribution in [0.15, 0.2) is 18.2 Å². The van der Waals surface area contributed by atoms with Crippen LogP contribution in [0.1, 0.15) is 18.4 Å². The van der Waals surface area contributed by atoms with E-state index in [9.17, 15) is 14.9 Å². The minimum atomic E-state index is -0.619. The van der Waals surface area contributed by atoms with Gasteiger partial charge in [-0.15, -0.1) is 0 Å². The molecule has 1 amide bonds. The molecule has 1 aliphatic rings. The van der Waals surface area contributed by atoms with Gasteiger partial charge in [-0.2, -0.15) is 0 Å². The van der Waals surface area contributed by atoms with Gasteiger partial charge in [0, 0.05) is 37.6 Å². The number of aryl methyl sites for hydroxylation is 1. The van der Waals surface area contributed by atoms with E-state index >= 15 is 0 Å². The molecule has 0 atom stereocenters. The summed E-state index contributed by atoms with van der Waals surface area (Å²) in [6.45, 7) is 3.02. The van der Waals surface area contributed by atoms with Crippen LogP contribution in [0.5, 0.6) is 0 Å². The van der Waals surface area contributed by atoms with Gasteiger partial charge in [-0.3, -0.25) is 14.9 Å². The standard InChI is InChI=1S/C14H19N3O4/c1-10-8-11(17(19)20)2-3-12(10)16-13(18)14(9-15)4-6-21-7-5-14/h2-3,8H,4-7,9,15H2,1H3,(H,16,18). The van der Waals surface area contributed by atoms with Gasteiger partial charge in [-0.05, 0) is 31.4 Å². The number of benzene rings is 1. The maximum absolute atomic E-state index is 12.5. The van der Waals surface area contributed by atoms with Gasteiger partial charge in [0.25, 0.3) is 5.69 Å². The average molecular weight is 293 g/mol. The number of ether oxygens (including phenoxy) is 1. The van der Waals surface area contributed by atoms with E-state index in [0.717, 1.165) is 0 Å². The molecule has 0 saturated carbocycles. The van der Waals surface area contributed by atoms with E-state index in [4.69, 9.17) is 10.5 Å². The smallest absolute Gasteiger partial charge is 0.269 e. The Balaban J connectivity index is 2.17. The highest BCUT2D eigenvalue weighted by atomic mass is 16.6. The van der Waals surface area contributed by atoms with Gasteiger partial charge in [0.05, 0.1) is 10.3 Å². The van der Waals surface area contributed by atoms with Crippen molar-refractivity contribution in [2.45, 2.75) is 19.8 Å².